The van der Waals surface area contributed by atoms with Crippen LogP contribution in [0.15, 0.2) is 81.6 Å². The van der Waals surface area contributed by atoms with E-state index < -0.39 is 10.8 Å². The van der Waals surface area contributed by atoms with Crippen molar-refractivity contribution in [3.8, 4) is 22.8 Å². The van der Waals surface area contributed by atoms with Gasteiger partial charge in [0.05, 0.1) is 23.3 Å². The van der Waals surface area contributed by atoms with Crippen LogP contribution in [0.2, 0.25) is 0 Å². The van der Waals surface area contributed by atoms with Crippen LogP contribution in [0, 0.1) is 10.1 Å². The number of pyridine rings is 1. The quantitative estimate of drug-likeness (QED) is 0.107. The van der Waals surface area contributed by atoms with Gasteiger partial charge in [0.25, 0.3) is 11.6 Å². The number of benzene rings is 2. The predicted octanol–water partition coefficient (Wildman–Crippen LogP) is 3.27. The zero-order valence-corrected chi connectivity index (χ0v) is 22.1. The largest absolute Gasteiger partial charge is 0.496 e. The number of amides is 1. The van der Waals surface area contributed by atoms with Crippen LogP contribution in [0.1, 0.15) is 21.6 Å². The fourth-order valence-corrected chi connectivity index (χ4v) is 4.54. The summed E-state index contributed by atoms with van der Waals surface area (Å²) in [6.45, 7) is 0. The summed E-state index contributed by atoms with van der Waals surface area (Å²) in [6.07, 6.45) is 3.20. The average Bonchev–Trinajstić information content (AvgIpc) is 3.62. The van der Waals surface area contributed by atoms with Gasteiger partial charge in [-0.05, 0) is 58.3 Å². The number of hydrogen-bond donors (Lipinski definition) is 2. The first-order valence-electron chi connectivity index (χ1n) is 11.8. The molecule has 5 aromatic rings. The van der Waals surface area contributed by atoms with Crippen molar-refractivity contribution >= 4 is 35.4 Å². The Kier molecular flexibility index (Phi) is 7.91. The number of anilines is 1. The third kappa shape index (κ3) is 6.01. The number of rotatable bonds is 10. The van der Waals surface area contributed by atoms with E-state index in [1.807, 2.05) is 30.3 Å². The fraction of sp³-hybridized carbons (Fsp3) is 0.0800. The van der Waals surface area contributed by atoms with Crippen LogP contribution in [0.4, 0.5) is 11.5 Å². The minimum Gasteiger partial charge on any atom is -0.496 e. The lowest BCUT2D eigenvalue weighted by atomic mass is 10.1. The molecule has 206 valence electrons. The second-order valence-corrected chi connectivity index (χ2v) is 9.20. The summed E-state index contributed by atoms with van der Waals surface area (Å²) in [6, 6.07) is 16.6. The number of hydrogen-bond acceptors (Lipinski definition) is 13. The Morgan fingerprint density at radius 2 is 2.05 bits per heavy atom. The Morgan fingerprint density at radius 3 is 2.73 bits per heavy atom. The van der Waals surface area contributed by atoms with Crippen molar-refractivity contribution in [3.05, 3.63) is 93.8 Å². The molecule has 0 fully saturated rings. The van der Waals surface area contributed by atoms with Gasteiger partial charge in [0.15, 0.2) is 5.69 Å². The monoisotopic (exact) mass is 572 g/mol. The molecule has 0 atom stereocenters. The average molecular weight is 573 g/mol. The number of non-ortho nitro benzene ring substituents is 1. The number of nitro benzene ring substituents is 1. The molecule has 0 bridgehead atoms. The fourth-order valence-electron chi connectivity index (χ4n) is 3.70. The molecule has 3 N–H and O–H groups in total. The van der Waals surface area contributed by atoms with E-state index in [-0.39, 0.29) is 28.7 Å². The third-order valence-corrected chi connectivity index (χ3v) is 6.62. The smallest absolute Gasteiger partial charge is 0.292 e. The summed E-state index contributed by atoms with van der Waals surface area (Å²) < 4.78 is 11.2. The number of hydrazone groups is 1. The van der Waals surface area contributed by atoms with E-state index in [0.29, 0.717) is 22.6 Å². The van der Waals surface area contributed by atoms with Crippen LogP contribution in [0.3, 0.4) is 0 Å². The number of nitrogens with zero attached hydrogens (tertiary/aromatic N) is 8. The van der Waals surface area contributed by atoms with Gasteiger partial charge in [0.2, 0.25) is 11.6 Å². The maximum atomic E-state index is 13.3. The number of ether oxygens (including phenoxy) is 1. The van der Waals surface area contributed by atoms with Crippen molar-refractivity contribution < 1.29 is 19.1 Å². The number of thioether (sulfide) groups is 1. The highest BCUT2D eigenvalue weighted by Crippen LogP contribution is 2.28. The second kappa shape index (κ2) is 12.0. The summed E-state index contributed by atoms with van der Waals surface area (Å²) in [4.78, 5) is 28.2. The molecule has 0 aliphatic rings. The van der Waals surface area contributed by atoms with E-state index in [0.717, 1.165) is 15.3 Å². The van der Waals surface area contributed by atoms with E-state index >= 15 is 0 Å². The van der Waals surface area contributed by atoms with Gasteiger partial charge in [-0.25, -0.2) is 15.0 Å². The van der Waals surface area contributed by atoms with Gasteiger partial charge in [-0.1, -0.05) is 11.3 Å². The first kappa shape index (κ1) is 26.9. The Balaban J connectivity index is 1.39. The molecule has 41 heavy (non-hydrogen) atoms. The highest BCUT2D eigenvalue weighted by atomic mass is 32.2. The number of nitro groups is 1. The van der Waals surface area contributed by atoms with Crippen LogP contribution in [0.5, 0.6) is 5.75 Å². The molecule has 0 saturated heterocycles. The Labute approximate surface area is 235 Å². The molecule has 0 unspecified atom stereocenters. The molecule has 16 heteroatoms. The number of carbonyl (C=O) groups excluding carboxylic acids is 1. The molecule has 0 saturated carbocycles. The van der Waals surface area contributed by atoms with Gasteiger partial charge in [-0.15, -0.1) is 16.9 Å². The van der Waals surface area contributed by atoms with Crippen LogP contribution in [-0.2, 0) is 5.75 Å². The van der Waals surface area contributed by atoms with E-state index in [4.69, 9.17) is 10.5 Å². The van der Waals surface area contributed by atoms with Crippen LogP contribution in [0.25, 0.3) is 17.1 Å². The number of nitrogen functional groups attached to an aromatic ring is 1. The van der Waals surface area contributed by atoms with Crippen molar-refractivity contribution in [1.29, 1.82) is 0 Å². The van der Waals surface area contributed by atoms with E-state index in [1.165, 1.54) is 30.5 Å². The van der Waals surface area contributed by atoms with E-state index in [1.54, 1.807) is 31.1 Å². The third-order valence-electron chi connectivity index (χ3n) is 5.63. The summed E-state index contributed by atoms with van der Waals surface area (Å²) >= 11 is 1.55. The second-order valence-electron chi connectivity index (χ2n) is 8.20. The van der Waals surface area contributed by atoms with Crippen LogP contribution >= 0.6 is 11.8 Å². The van der Waals surface area contributed by atoms with Crippen molar-refractivity contribution in [1.82, 2.24) is 35.7 Å². The number of nitrogens with two attached hydrogens (primary N) is 1. The van der Waals surface area contributed by atoms with Crippen molar-refractivity contribution in [2.45, 2.75) is 10.8 Å². The van der Waals surface area contributed by atoms with Crippen molar-refractivity contribution in [2.75, 3.05) is 12.8 Å². The topological polar surface area (TPSA) is 202 Å². The Hall–Kier alpha value is -5.64. The summed E-state index contributed by atoms with van der Waals surface area (Å²) in [5.41, 5.74) is 10.2. The molecule has 3 aromatic heterocycles. The molecule has 0 aliphatic carbocycles. The number of nitrogens with one attached hydrogen (secondary N) is 1. The highest BCUT2D eigenvalue weighted by molar-refractivity contribution is 7.98. The van der Waals surface area contributed by atoms with E-state index in [9.17, 15) is 14.9 Å². The summed E-state index contributed by atoms with van der Waals surface area (Å²) in [7, 11) is 1.59. The lowest BCUT2D eigenvalue weighted by molar-refractivity contribution is -0.384. The van der Waals surface area contributed by atoms with Gasteiger partial charge >= 0.3 is 0 Å². The molecule has 0 aliphatic heterocycles. The predicted molar refractivity (Wildman–Crippen MR) is 148 cm³/mol. The zero-order valence-electron chi connectivity index (χ0n) is 21.2. The minimum absolute atomic E-state index is 0.0648. The first-order chi connectivity index (χ1) is 19.9. The molecule has 5 rings (SSSR count). The lowest BCUT2D eigenvalue weighted by Gasteiger charge is -2.09. The van der Waals surface area contributed by atoms with Gasteiger partial charge in [0, 0.05) is 35.2 Å². The van der Waals surface area contributed by atoms with Crippen LogP contribution in [-0.4, -0.2) is 54.4 Å². The molecular formula is C25H20N10O5S. The number of aromatic nitrogens is 6. The van der Waals surface area contributed by atoms with E-state index in [2.05, 4.69) is 40.8 Å². The highest BCUT2D eigenvalue weighted by Gasteiger charge is 2.26. The Bertz CT molecular complexity index is 1720. The number of methoxy groups -OCH3 is 1. The number of carbonyl (C=O) groups is 1. The Morgan fingerprint density at radius 1 is 1.22 bits per heavy atom. The molecular weight excluding hydrogens is 552 g/mol. The first-order valence-corrected chi connectivity index (χ1v) is 12.8. The van der Waals surface area contributed by atoms with Gasteiger partial charge in [-0.3, -0.25) is 14.9 Å². The SMILES string of the molecule is COc1ccc(/C=N/NC(=O)c2c(-c3ccc([N+](=O)[O-])cc3)nnn2-c2nonc2N)cc1CSc1ccccn1. The molecule has 0 spiro atoms. The zero-order chi connectivity index (χ0) is 28.8. The molecule has 3 heterocycles. The molecule has 1 amide bonds. The van der Waals surface area contributed by atoms with Crippen LogP contribution < -0.4 is 15.9 Å². The molecule has 0 radical (unpaired) electrons. The maximum absolute atomic E-state index is 13.3. The lowest BCUT2D eigenvalue weighted by Crippen LogP contribution is -2.22. The maximum Gasteiger partial charge on any atom is 0.292 e. The molecule has 2 aromatic carbocycles. The van der Waals surface area contributed by atoms with Gasteiger partial charge in [0.1, 0.15) is 11.4 Å². The van der Waals surface area contributed by atoms with Crippen molar-refractivity contribution in [2.24, 2.45) is 5.10 Å². The van der Waals surface area contributed by atoms with Crippen molar-refractivity contribution in [3.63, 3.8) is 0 Å². The minimum atomic E-state index is -0.707. The normalized spacial score (nSPS) is 11.0. The summed E-state index contributed by atoms with van der Waals surface area (Å²) in [5.74, 6) is 0.407. The summed E-state index contributed by atoms with van der Waals surface area (Å²) in [5, 5.41) is 31.3. The van der Waals surface area contributed by atoms with Gasteiger partial charge in [-0.2, -0.15) is 9.78 Å². The van der Waals surface area contributed by atoms with Gasteiger partial charge < -0.3 is 10.5 Å². The molecule has 15 nitrogen and oxygen atoms in total. The standard InChI is InChI=1S/C25H20N10O5S/c1-39-19-10-5-15(12-17(19)14-41-20-4-2-3-11-27-20)13-28-30-25(36)22-21(16-6-8-18(9-7-16)35(37)38)29-33-34(22)24-23(26)31-40-32-24/h2-13H,14H2,1H3,(H2,26,31)(H,30,36)/b28-13+.